The summed E-state index contributed by atoms with van der Waals surface area (Å²) < 4.78 is 5.29. The zero-order valence-corrected chi connectivity index (χ0v) is 25.1. The van der Waals surface area contributed by atoms with Gasteiger partial charge in [0.05, 0.1) is 6.04 Å². The van der Waals surface area contributed by atoms with Crippen molar-refractivity contribution in [1.82, 2.24) is 10.6 Å². The van der Waals surface area contributed by atoms with Crippen LogP contribution in [0.3, 0.4) is 0 Å². The van der Waals surface area contributed by atoms with Crippen molar-refractivity contribution in [3.8, 4) is 0 Å². The van der Waals surface area contributed by atoms with Gasteiger partial charge in [0.25, 0.3) is 0 Å². The van der Waals surface area contributed by atoms with E-state index in [0.717, 1.165) is 17.5 Å². The summed E-state index contributed by atoms with van der Waals surface area (Å²) in [5, 5.41) is 8.44. The van der Waals surface area contributed by atoms with Gasteiger partial charge < -0.3 is 26.4 Å². The average molecular weight is 585 g/mol. The Labute approximate surface area is 247 Å². The van der Waals surface area contributed by atoms with Gasteiger partial charge in [0.2, 0.25) is 5.91 Å². The molecule has 0 aliphatic heterocycles. The number of nitrogens with one attached hydrogen (secondary N) is 3. The lowest BCUT2D eigenvalue weighted by Crippen LogP contribution is -2.45. The van der Waals surface area contributed by atoms with Crippen LogP contribution >= 0.6 is 11.8 Å². The van der Waals surface area contributed by atoms with Crippen LogP contribution in [0.1, 0.15) is 57.1 Å². The molecule has 41 heavy (non-hydrogen) atoms. The van der Waals surface area contributed by atoms with Crippen LogP contribution in [0.25, 0.3) is 0 Å². The number of amides is 3. The first-order valence-electron chi connectivity index (χ1n) is 14.1. The summed E-state index contributed by atoms with van der Waals surface area (Å²) in [5.74, 6) is -0.624. The zero-order valence-electron chi connectivity index (χ0n) is 24.3. The van der Waals surface area contributed by atoms with Crippen molar-refractivity contribution < 1.29 is 23.9 Å². The van der Waals surface area contributed by atoms with Crippen molar-refractivity contribution in [1.29, 1.82) is 0 Å². The highest BCUT2D eigenvalue weighted by Gasteiger charge is 2.30. The van der Waals surface area contributed by atoms with Crippen LogP contribution < -0.4 is 21.7 Å². The molecule has 0 aromatic heterocycles. The summed E-state index contributed by atoms with van der Waals surface area (Å²) in [5.41, 5.74) is 8.08. The lowest BCUT2D eigenvalue weighted by molar-refractivity contribution is -0.145. The molecule has 0 heterocycles. The lowest BCUT2D eigenvalue weighted by atomic mass is 9.85. The fourth-order valence-electron chi connectivity index (χ4n) is 4.18. The largest absolute Gasteiger partial charge is 0.461 e. The number of ketones is 1. The molecule has 0 spiro atoms. The number of anilines is 1. The van der Waals surface area contributed by atoms with Crippen molar-refractivity contribution in [2.45, 2.75) is 65.1 Å². The van der Waals surface area contributed by atoms with Crippen molar-refractivity contribution >= 4 is 41.1 Å². The molecular weight excluding hydrogens is 540 g/mol. The number of nitrogens with two attached hydrogens (primary N) is 1. The maximum atomic E-state index is 13.4. The Kier molecular flexibility index (Phi) is 15.6. The van der Waals surface area contributed by atoms with E-state index in [1.807, 2.05) is 62.6 Å². The average Bonchev–Trinajstić information content (AvgIpc) is 2.99. The van der Waals surface area contributed by atoms with Crippen LogP contribution in [0.4, 0.5) is 10.5 Å². The van der Waals surface area contributed by atoms with Crippen molar-refractivity contribution in [2.24, 2.45) is 17.6 Å². The van der Waals surface area contributed by atoms with E-state index in [9.17, 15) is 19.2 Å². The van der Waals surface area contributed by atoms with E-state index in [4.69, 9.17) is 10.5 Å². The second kappa shape index (κ2) is 18.9. The minimum atomic E-state index is -0.718. The summed E-state index contributed by atoms with van der Waals surface area (Å²) >= 11 is 1.58. The highest BCUT2D eigenvalue weighted by atomic mass is 32.2. The van der Waals surface area contributed by atoms with Crippen molar-refractivity contribution in [3.63, 3.8) is 0 Å². The Balaban J connectivity index is 1.88. The van der Waals surface area contributed by atoms with Crippen LogP contribution in [0, 0.1) is 11.8 Å². The number of Topliss-reactive ketones (excluding diaryl/α,β-unsaturated/α-hetero) is 1. The molecule has 5 N–H and O–H groups in total. The van der Waals surface area contributed by atoms with Gasteiger partial charge in [-0.3, -0.25) is 14.4 Å². The van der Waals surface area contributed by atoms with E-state index in [-0.39, 0.29) is 43.0 Å². The standard InChI is InChI=1S/C31H44N4O5S/c1-4-22(2)26(30(38)33-17-8-11-29(37)40-21-24-9-6-5-7-10-24)19-28(36)27(16-18-41-3)35-31(39)34-25-14-12-23(20-32)13-15-25/h5-7,9-10,12-15,22,26-27H,4,8,11,16-21,32H2,1-3H3,(H,33,38)(H2,34,35,39)/t22-,26-,27-/m0/s1. The molecule has 224 valence electrons. The molecule has 0 aliphatic rings. The van der Waals surface area contributed by atoms with E-state index in [2.05, 4.69) is 16.0 Å². The first-order valence-corrected chi connectivity index (χ1v) is 15.5. The van der Waals surface area contributed by atoms with Gasteiger partial charge in [0.1, 0.15) is 6.61 Å². The summed E-state index contributed by atoms with van der Waals surface area (Å²) in [6.07, 6.45) is 3.76. The number of urea groups is 1. The van der Waals surface area contributed by atoms with E-state index < -0.39 is 18.0 Å². The van der Waals surface area contributed by atoms with Crippen LogP contribution in [0.2, 0.25) is 0 Å². The van der Waals surface area contributed by atoms with Gasteiger partial charge >= 0.3 is 12.0 Å². The van der Waals surface area contributed by atoms with Gasteiger partial charge in [0.15, 0.2) is 5.78 Å². The van der Waals surface area contributed by atoms with E-state index >= 15 is 0 Å². The van der Waals surface area contributed by atoms with Gasteiger partial charge in [-0.05, 0) is 54.0 Å². The molecule has 0 radical (unpaired) electrons. The quantitative estimate of drug-likeness (QED) is 0.148. The minimum Gasteiger partial charge on any atom is -0.461 e. The molecule has 0 unspecified atom stereocenters. The maximum Gasteiger partial charge on any atom is 0.319 e. The van der Waals surface area contributed by atoms with Crippen LogP contribution in [-0.4, -0.2) is 48.3 Å². The molecule has 0 aliphatic carbocycles. The molecule has 0 saturated heterocycles. The van der Waals surface area contributed by atoms with Gasteiger partial charge in [-0.15, -0.1) is 0 Å². The van der Waals surface area contributed by atoms with E-state index in [1.165, 1.54) is 0 Å². The van der Waals surface area contributed by atoms with Crippen LogP contribution in [0.5, 0.6) is 0 Å². The number of thioether (sulfide) groups is 1. The molecule has 0 bridgehead atoms. The molecular formula is C31H44N4O5S. The molecule has 2 rings (SSSR count). The smallest absolute Gasteiger partial charge is 0.319 e. The molecule has 2 aromatic carbocycles. The molecule has 3 amide bonds. The summed E-state index contributed by atoms with van der Waals surface area (Å²) in [6, 6.07) is 15.4. The fraction of sp³-hybridized carbons (Fsp3) is 0.484. The fourth-order valence-corrected chi connectivity index (χ4v) is 4.65. The van der Waals surface area contributed by atoms with Gasteiger partial charge in [-0.1, -0.05) is 62.7 Å². The number of carbonyl (C=O) groups is 4. The van der Waals surface area contributed by atoms with E-state index in [0.29, 0.717) is 37.4 Å². The monoisotopic (exact) mass is 584 g/mol. The minimum absolute atomic E-state index is 0.0183. The number of hydrogen-bond acceptors (Lipinski definition) is 7. The molecule has 0 saturated carbocycles. The zero-order chi connectivity index (χ0) is 30.0. The van der Waals surface area contributed by atoms with Crippen molar-refractivity contribution in [3.05, 3.63) is 65.7 Å². The molecule has 3 atom stereocenters. The SMILES string of the molecule is CC[C@H](C)[C@H](CC(=O)[C@H](CCSC)NC(=O)Nc1ccc(CN)cc1)C(=O)NCCCC(=O)OCc1ccccc1. The Morgan fingerprint density at radius 1 is 1.00 bits per heavy atom. The van der Waals surface area contributed by atoms with E-state index in [1.54, 1.807) is 23.9 Å². The highest BCUT2D eigenvalue weighted by molar-refractivity contribution is 7.98. The molecule has 9 nitrogen and oxygen atoms in total. The third kappa shape index (κ3) is 12.8. The Bertz CT molecular complexity index is 1100. The number of rotatable bonds is 18. The molecule has 10 heteroatoms. The lowest BCUT2D eigenvalue weighted by Gasteiger charge is -2.25. The number of esters is 1. The van der Waals surface area contributed by atoms with Crippen LogP contribution in [0.15, 0.2) is 54.6 Å². The maximum absolute atomic E-state index is 13.4. The van der Waals surface area contributed by atoms with Gasteiger partial charge in [0, 0.05) is 37.5 Å². The van der Waals surface area contributed by atoms with Gasteiger partial charge in [-0.25, -0.2) is 4.79 Å². The number of ether oxygens (including phenoxy) is 1. The predicted octanol–water partition coefficient (Wildman–Crippen LogP) is 4.65. The third-order valence-electron chi connectivity index (χ3n) is 6.94. The topological polar surface area (TPSA) is 140 Å². The van der Waals surface area contributed by atoms with Gasteiger partial charge in [-0.2, -0.15) is 11.8 Å². The first-order chi connectivity index (χ1) is 19.8. The second-order valence-corrected chi connectivity index (χ2v) is 11.0. The Hall–Kier alpha value is -3.37. The number of hydrogen-bond donors (Lipinski definition) is 4. The Morgan fingerprint density at radius 2 is 1.71 bits per heavy atom. The Morgan fingerprint density at radius 3 is 2.34 bits per heavy atom. The number of carbonyl (C=O) groups excluding carboxylic acids is 4. The summed E-state index contributed by atoms with van der Waals surface area (Å²) in [4.78, 5) is 51.2. The summed E-state index contributed by atoms with van der Waals surface area (Å²) in [6.45, 7) is 4.85. The van der Waals surface area contributed by atoms with Crippen LogP contribution in [-0.2, 0) is 32.3 Å². The third-order valence-corrected chi connectivity index (χ3v) is 7.58. The predicted molar refractivity (Wildman–Crippen MR) is 164 cm³/mol. The molecule has 0 fully saturated rings. The molecule has 2 aromatic rings. The second-order valence-electron chi connectivity index (χ2n) is 10.0. The summed E-state index contributed by atoms with van der Waals surface area (Å²) in [7, 11) is 0. The van der Waals surface area contributed by atoms with Crippen molar-refractivity contribution in [2.75, 3.05) is 23.9 Å². The number of benzene rings is 2. The normalized spacial score (nSPS) is 13.0. The highest BCUT2D eigenvalue weighted by Crippen LogP contribution is 2.21. The first kappa shape index (κ1) is 33.8.